The summed E-state index contributed by atoms with van der Waals surface area (Å²) in [7, 11) is 0. The molecular weight excluding hydrogens is 446 g/mol. The Balaban J connectivity index is 1.58. The first-order valence-electron chi connectivity index (χ1n) is 12.8. The second-order valence-corrected chi connectivity index (χ2v) is 8.78. The standard InChI is InChI=1S/C28H37NO6/c1-2-3-4-5-6-7-8-9-10-11-12-13-14-27(30)34-25-19-15-23(16-20-25)28(31)35-26-21-17-24(18-22-26)29(32)33/h15-22H,2-14H2,1H3. The number of carbonyl (C=O) groups excluding carboxylic acids is 2. The van der Waals surface area contributed by atoms with E-state index in [1.165, 1.54) is 94.2 Å². The molecule has 0 aliphatic rings. The first-order chi connectivity index (χ1) is 17.0. The summed E-state index contributed by atoms with van der Waals surface area (Å²) < 4.78 is 10.6. The van der Waals surface area contributed by atoms with Crippen LogP contribution in [0.2, 0.25) is 0 Å². The number of hydrogen-bond donors (Lipinski definition) is 0. The average Bonchev–Trinajstić information content (AvgIpc) is 2.85. The van der Waals surface area contributed by atoms with E-state index in [4.69, 9.17) is 9.47 Å². The lowest BCUT2D eigenvalue weighted by molar-refractivity contribution is -0.384. The van der Waals surface area contributed by atoms with E-state index in [9.17, 15) is 19.7 Å². The van der Waals surface area contributed by atoms with Crippen LogP contribution >= 0.6 is 0 Å². The zero-order valence-electron chi connectivity index (χ0n) is 20.7. The Kier molecular flexibility index (Phi) is 13.1. The van der Waals surface area contributed by atoms with Gasteiger partial charge in [-0.15, -0.1) is 0 Å². The minimum atomic E-state index is -0.603. The van der Waals surface area contributed by atoms with Crippen molar-refractivity contribution in [1.29, 1.82) is 0 Å². The van der Waals surface area contributed by atoms with E-state index in [1.807, 2.05) is 0 Å². The second-order valence-electron chi connectivity index (χ2n) is 8.78. The number of rotatable bonds is 17. The van der Waals surface area contributed by atoms with Crippen LogP contribution in [0.15, 0.2) is 48.5 Å². The number of benzene rings is 2. The van der Waals surface area contributed by atoms with Crippen molar-refractivity contribution in [2.75, 3.05) is 0 Å². The van der Waals surface area contributed by atoms with Gasteiger partial charge in [0.1, 0.15) is 11.5 Å². The molecule has 0 saturated heterocycles. The molecular formula is C28H37NO6. The summed E-state index contributed by atoms with van der Waals surface area (Å²) in [6, 6.07) is 11.4. The molecule has 0 unspecified atom stereocenters. The van der Waals surface area contributed by atoms with E-state index in [0.717, 1.165) is 19.3 Å². The maximum Gasteiger partial charge on any atom is 0.343 e. The third-order valence-corrected chi connectivity index (χ3v) is 5.81. The predicted molar refractivity (Wildman–Crippen MR) is 136 cm³/mol. The third-order valence-electron chi connectivity index (χ3n) is 5.81. The van der Waals surface area contributed by atoms with Crippen LogP contribution in [0.1, 0.15) is 101 Å². The fraction of sp³-hybridized carbons (Fsp3) is 0.500. The van der Waals surface area contributed by atoms with E-state index in [1.54, 1.807) is 12.1 Å². The first kappa shape index (κ1) is 28.0. The molecule has 2 rings (SSSR count). The van der Waals surface area contributed by atoms with E-state index in [2.05, 4.69) is 6.92 Å². The average molecular weight is 484 g/mol. The molecule has 0 saturated carbocycles. The largest absolute Gasteiger partial charge is 0.427 e. The molecule has 2 aromatic carbocycles. The van der Waals surface area contributed by atoms with Gasteiger partial charge in [0.25, 0.3) is 5.69 Å². The summed E-state index contributed by atoms with van der Waals surface area (Å²) in [6.45, 7) is 2.24. The fourth-order valence-electron chi connectivity index (χ4n) is 3.75. The normalized spacial score (nSPS) is 10.7. The molecule has 0 fully saturated rings. The zero-order chi connectivity index (χ0) is 25.3. The fourth-order valence-corrected chi connectivity index (χ4v) is 3.75. The molecule has 0 aromatic heterocycles. The lowest BCUT2D eigenvalue weighted by Gasteiger charge is -2.07. The molecule has 2 aromatic rings. The summed E-state index contributed by atoms with van der Waals surface area (Å²) in [5.41, 5.74) is 0.198. The number of carbonyl (C=O) groups is 2. The molecule has 0 bridgehead atoms. The van der Waals surface area contributed by atoms with Gasteiger partial charge in [-0.3, -0.25) is 14.9 Å². The van der Waals surface area contributed by atoms with Gasteiger partial charge in [0.05, 0.1) is 10.5 Å². The Morgan fingerprint density at radius 2 is 1.14 bits per heavy atom. The molecule has 35 heavy (non-hydrogen) atoms. The van der Waals surface area contributed by atoms with Crippen LogP contribution in [0.3, 0.4) is 0 Å². The van der Waals surface area contributed by atoms with Crippen LogP contribution in [0.5, 0.6) is 11.5 Å². The van der Waals surface area contributed by atoms with Gasteiger partial charge >= 0.3 is 11.9 Å². The molecule has 190 valence electrons. The molecule has 7 nitrogen and oxygen atoms in total. The zero-order valence-corrected chi connectivity index (χ0v) is 20.7. The van der Waals surface area contributed by atoms with E-state index in [-0.39, 0.29) is 23.0 Å². The van der Waals surface area contributed by atoms with Crippen LogP contribution in [0.4, 0.5) is 5.69 Å². The molecule has 0 N–H and O–H groups in total. The smallest absolute Gasteiger partial charge is 0.343 e. The highest BCUT2D eigenvalue weighted by Crippen LogP contribution is 2.20. The van der Waals surface area contributed by atoms with Crippen molar-refractivity contribution in [3.05, 3.63) is 64.2 Å². The quantitative estimate of drug-likeness (QED) is 0.0748. The predicted octanol–water partition coefficient (Wildman–Crippen LogP) is 7.81. The molecule has 0 aliphatic heterocycles. The van der Waals surface area contributed by atoms with Crippen LogP contribution in [0, 0.1) is 10.1 Å². The lowest BCUT2D eigenvalue weighted by Crippen LogP contribution is -2.10. The Bertz CT molecular complexity index is 908. The van der Waals surface area contributed by atoms with Gasteiger partial charge in [-0.05, 0) is 42.8 Å². The highest BCUT2D eigenvalue weighted by molar-refractivity contribution is 5.91. The van der Waals surface area contributed by atoms with Crippen LogP contribution in [-0.4, -0.2) is 16.9 Å². The molecule has 0 atom stereocenters. The van der Waals surface area contributed by atoms with E-state index in [0.29, 0.717) is 12.2 Å². The Morgan fingerprint density at radius 3 is 1.66 bits per heavy atom. The minimum absolute atomic E-state index is 0.0838. The van der Waals surface area contributed by atoms with Gasteiger partial charge < -0.3 is 9.47 Å². The van der Waals surface area contributed by atoms with E-state index >= 15 is 0 Å². The molecule has 0 spiro atoms. The maximum atomic E-state index is 12.2. The Hall–Kier alpha value is -3.22. The minimum Gasteiger partial charge on any atom is -0.427 e. The monoisotopic (exact) mass is 483 g/mol. The first-order valence-corrected chi connectivity index (χ1v) is 12.8. The number of nitro groups is 1. The van der Waals surface area contributed by atoms with Gasteiger partial charge in [-0.1, -0.05) is 77.6 Å². The summed E-state index contributed by atoms with van der Waals surface area (Å²) in [4.78, 5) is 34.5. The Morgan fingerprint density at radius 1 is 0.686 bits per heavy atom. The molecule has 0 aliphatic carbocycles. The molecule has 0 radical (unpaired) electrons. The number of esters is 2. The van der Waals surface area contributed by atoms with Gasteiger partial charge in [0, 0.05) is 18.6 Å². The third kappa shape index (κ3) is 11.7. The number of hydrogen-bond acceptors (Lipinski definition) is 6. The van der Waals surface area contributed by atoms with Crippen molar-refractivity contribution in [2.45, 2.75) is 90.4 Å². The van der Waals surface area contributed by atoms with Crippen molar-refractivity contribution >= 4 is 17.6 Å². The number of non-ortho nitro benzene ring substituents is 1. The van der Waals surface area contributed by atoms with Crippen LogP contribution in [-0.2, 0) is 4.79 Å². The topological polar surface area (TPSA) is 95.7 Å². The van der Waals surface area contributed by atoms with Crippen molar-refractivity contribution in [3.63, 3.8) is 0 Å². The summed E-state index contributed by atoms with van der Waals surface area (Å²) >= 11 is 0. The highest BCUT2D eigenvalue weighted by atomic mass is 16.6. The number of nitro benzene ring substituents is 1. The summed E-state index contributed by atoms with van der Waals surface area (Å²) in [5, 5.41) is 10.7. The number of ether oxygens (including phenoxy) is 2. The van der Waals surface area contributed by atoms with Gasteiger partial charge in [0.2, 0.25) is 0 Å². The molecule has 0 amide bonds. The number of nitrogens with zero attached hydrogens (tertiary/aromatic N) is 1. The van der Waals surface area contributed by atoms with Crippen LogP contribution in [0.25, 0.3) is 0 Å². The molecule has 0 heterocycles. The SMILES string of the molecule is CCCCCCCCCCCCCCC(=O)Oc1ccc(C(=O)Oc2ccc([N+](=O)[O-])cc2)cc1. The van der Waals surface area contributed by atoms with Crippen molar-refractivity contribution < 1.29 is 24.0 Å². The summed E-state index contributed by atoms with van der Waals surface area (Å²) in [6.07, 6.45) is 15.3. The highest BCUT2D eigenvalue weighted by Gasteiger charge is 2.12. The van der Waals surface area contributed by atoms with Crippen molar-refractivity contribution in [3.8, 4) is 11.5 Å². The van der Waals surface area contributed by atoms with Gasteiger partial charge in [-0.25, -0.2) is 4.79 Å². The summed E-state index contributed by atoms with van der Waals surface area (Å²) in [5.74, 6) is -0.300. The number of unbranched alkanes of at least 4 members (excludes halogenated alkanes) is 11. The van der Waals surface area contributed by atoms with Gasteiger partial charge in [-0.2, -0.15) is 0 Å². The molecule has 7 heteroatoms. The van der Waals surface area contributed by atoms with E-state index < -0.39 is 10.9 Å². The van der Waals surface area contributed by atoms with Crippen molar-refractivity contribution in [1.82, 2.24) is 0 Å². The van der Waals surface area contributed by atoms with Crippen LogP contribution < -0.4 is 9.47 Å². The lowest BCUT2D eigenvalue weighted by atomic mass is 10.0. The van der Waals surface area contributed by atoms with Gasteiger partial charge in [0.15, 0.2) is 0 Å². The van der Waals surface area contributed by atoms with Crippen molar-refractivity contribution in [2.24, 2.45) is 0 Å². The Labute approximate surface area is 208 Å². The maximum absolute atomic E-state index is 12.2. The second kappa shape index (κ2) is 16.4.